The lowest BCUT2D eigenvalue weighted by atomic mass is 9.82. The molecule has 0 bridgehead atoms. The molecule has 3 heterocycles. The third-order valence-corrected chi connectivity index (χ3v) is 7.45. The molecule has 3 aromatic rings. The van der Waals surface area contributed by atoms with E-state index in [9.17, 15) is 19.8 Å². The normalized spacial score (nSPS) is 20.9. The summed E-state index contributed by atoms with van der Waals surface area (Å²) < 4.78 is 1.73. The number of nitrogens with zero attached hydrogens (tertiary/aromatic N) is 5. The number of likely N-dealkylation sites (N-methyl/N-ethyl adjacent to an activating group) is 1. The Bertz CT molecular complexity index is 1340. The minimum absolute atomic E-state index is 0.0412. The highest BCUT2D eigenvalue weighted by Crippen LogP contribution is 2.46. The van der Waals surface area contributed by atoms with Crippen LogP contribution in [0.5, 0.6) is 0 Å². The van der Waals surface area contributed by atoms with Crippen molar-refractivity contribution in [1.82, 2.24) is 15.0 Å². The van der Waals surface area contributed by atoms with Crippen LogP contribution in [0, 0.1) is 5.92 Å². The number of aliphatic hydroxyl groups is 2. The van der Waals surface area contributed by atoms with Crippen molar-refractivity contribution in [3.63, 3.8) is 0 Å². The van der Waals surface area contributed by atoms with Gasteiger partial charge in [0, 0.05) is 49.9 Å². The summed E-state index contributed by atoms with van der Waals surface area (Å²) in [4.78, 5) is 28.2. The van der Waals surface area contributed by atoms with Crippen LogP contribution >= 0.6 is 0 Å². The van der Waals surface area contributed by atoms with E-state index in [-0.39, 0.29) is 24.3 Å². The highest BCUT2D eigenvalue weighted by molar-refractivity contribution is 6.08. The molecular formula is C28H31N5O4. The Morgan fingerprint density at radius 3 is 2.62 bits per heavy atom. The molecule has 1 fully saturated rings. The molecule has 2 N–H and O–H groups in total. The highest BCUT2D eigenvalue weighted by Gasteiger charge is 2.51. The number of aryl methyl sites for hydroxylation is 1. The Labute approximate surface area is 215 Å². The summed E-state index contributed by atoms with van der Waals surface area (Å²) in [6.07, 6.45) is 6.75. The van der Waals surface area contributed by atoms with Crippen molar-refractivity contribution in [3.05, 3.63) is 83.7 Å². The quantitative estimate of drug-likeness (QED) is 0.344. The van der Waals surface area contributed by atoms with Crippen LogP contribution in [-0.4, -0.2) is 57.2 Å². The van der Waals surface area contributed by atoms with E-state index in [1.165, 1.54) is 4.90 Å². The number of carbonyl (C=O) groups excluding carboxylic acids is 2. The number of fused-ring (bicyclic) bond motifs is 1. The lowest BCUT2D eigenvalue weighted by molar-refractivity contribution is -0.139. The van der Waals surface area contributed by atoms with Gasteiger partial charge in [0.25, 0.3) is 5.91 Å². The number of aromatic nitrogens is 3. The molecule has 0 radical (unpaired) electrons. The third-order valence-electron chi connectivity index (χ3n) is 7.45. The number of carbonyl (C=O) groups is 2. The van der Waals surface area contributed by atoms with E-state index in [0.29, 0.717) is 48.6 Å². The number of amides is 2. The maximum absolute atomic E-state index is 13.1. The molecule has 1 unspecified atom stereocenters. The number of hydrogen-bond donors (Lipinski definition) is 2. The molecule has 192 valence electrons. The Hall–Kier alpha value is -3.82. The minimum Gasteiger partial charge on any atom is -0.395 e. The monoisotopic (exact) mass is 501 g/mol. The van der Waals surface area contributed by atoms with E-state index in [0.717, 1.165) is 5.56 Å². The van der Waals surface area contributed by atoms with Crippen LogP contribution in [0.2, 0.25) is 0 Å². The molecular weight excluding hydrogens is 470 g/mol. The summed E-state index contributed by atoms with van der Waals surface area (Å²) >= 11 is 0. The predicted octanol–water partition coefficient (Wildman–Crippen LogP) is 2.59. The average Bonchev–Trinajstić information content (AvgIpc) is 3.44. The first-order valence-electron chi connectivity index (χ1n) is 12.5. The van der Waals surface area contributed by atoms with Crippen LogP contribution in [0.4, 0.5) is 11.4 Å². The van der Waals surface area contributed by atoms with Gasteiger partial charge in [0.1, 0.15) is 0 Å². The second-order valence-corrected chi connectivity index (χ2v) is 9.69. The van der Waals surface area contributed by atoms with E-state index in [2.05, 4.69) is 10.3 Å². The molecule has 2 aliphatic heterocycles. The molecule has 0 saturated carbocycles. The summed E-state index contributed by atoms with van der Waals surface area (Å²) in [7, 11) is 1.65. The lowest BCUT2D eigenvalue weighted by Gasteiger charge is -2.32. The van der Waals surface area contributed by atoms with Crippen molar-refractivity contribution < 1.29 is 19.8 Å². The van der Waals surface area contributed by atoms with Gasteiger partial charge in [-0.15, -0.1) is 5.10 Å². The SMILES string of the molecule is C[C@@H](/C=C/CCn1cc(C(CO)c2ccccc2)nn1)[C@]1(O)C(=O)N(C)c2ccc(N3CCC3=O)cc21. The minimum atomic E-state index is -1.71. The fraction of sp³-hybridized carbons (Fsp3) is 0.357. The average molecular weight is 502 g/mol. The summed E-state index contributed by atoms with van der Waals surface area (Å²) in [6, 6.07) is 15.1. The second-order valence-electron chi connectivity index (χ2n) is 9.69. The molecule has 5 rings (SSSR count). The fourth-order valence-electron chi connectivity index (χ4n) is 5.08. The van der Waals surface area contributed by atoms with Gasteiger partial charge < -0.3 is 20.0 Å². The Morgan fingerprint density at radius 2 is 1.95 bits per heavy atom. The van der Waals surface area contributed by atoms with Crippen molar-refractivity contribution in [3.8, 4) is 0 Å². The van der Waals surface area contributed by atoms with Gasteiger partial charge in [0.15, 0.2) is 5.60 Å². The summed E-state index contributed by atoms with van der Waals surface area (Å²) in [5, 5.41) is 29.9. The van der Waals surface area contributed by atoms with Crippen molar-refractivity contribution in [1.29, 1.82) is 0 Å². The van der Waals surface area contributed by atoms with Crippen LogP contribution in [0.3, 0.4) is 0 Å². The molecule has 0 aliphatic carbocycles. The topological polar surface area (TPSA) is 112 Å². The third kappa shape index (κ3) is 4.34. The zero-order valence-electron chi connectivity index (χ0n) is 21.0. The second kappa shape index (κ2) is 9.91. The number of benzene rings is 2. The van der Waals surface area contributed by atoms with Crippen LogP contribution in [-0.2, 0) is 21.7 Å². The fourth-order valence-corrected chi connectivity index (χ4v) is 5.08. The van der Waals surface area contributed by atoms with Crippen molar-refractivity contribution in [2.75, 3.05) is 30.0 Å². The van der Waals surface area contributed by atoms with Gasteiger partial charge in [-0.2, -0.15) is 0 Å². The van der Waals surface area contributed by atoms with E-state index < -0.39 is 11.5 Å². The maximum atomic E-state index is 13.1. The van der Waals surface area contributed by atoms with Crippen LogP contribution in [0.1, 0.15) is 42.5 Å². The molecule has 2 aromatic carbocycles. The molecule has 9 heteroatoms. The van der Waals surface area contributed by atoms with Crippen molar-refractivity contribution in [2.24, 2.45) is 5.92 Å². The van der Waals surface area contributed by atoms with Gasteiger partial charge in [-0.3, -0.25) is 14.3 Å². The van der Waals surface area contributed by atoms with Crippen molar-refractivity contribution in [2.45, 2.75) is 37.8 Å². The first-order valence-corrected chi connectivity index (χ1v) is 12.5. The Kier molecular flexibility index (Phi) is 6.66. The van der Waals surface area contributed by atoms with Crippen molar-refractivity contribution >= 4 is 23.2 Å². The van der Waals surface area contributed by atoms with Gasteiger partial charge >= 0.3 is 0 Å². The van der Waals surface area contributed by atoms with Gasteiger partial charge in [-0.05, 0) is 30.2 Å². The van der Waals surface area contributed by atoms with E-state index >= 15 is 0 Å². The molecule has 1 aromatic heterocycles. The predicted molar refractivity (Wildman–Crippen MR) is 139 cm³/mol. The molecule has 2 aliphatic rings. The zero-order chi connectivity index (χ0) is 26.2. The first kappa shape index (κ1) is 24.9. The Balaban J connectivity index is 1.27. The molecule has 1 saturated heterocycles. The molecule has 0 spiro atoms. The zero-order valence-corrected chi connectivity index (χ0v) is 21.0. The standard InChI is InChI=1S/C28H31N5O4/c1-19(8-6-7-14-32-17-24(29-30-32)22(18-34)20-9-4-3-5-10-20)28(37)23-16-21(33-15-13-26(33)35)11-12-25(23)31(2)27(28)36/h3-6,8-12,16-17,19,22,34,37H,7,13-15,18H2,1-2H3/b8-6+/t19-,22?,28+/m0/s1. The van der Waals surface area contributed by atoms with Gasteiger partial charge in [-0.1, -0.05) is 54.6 Å². The number of hydrogen-bond acceptors (Lipinski definition) is 6. The highest BCUT2D eigenvalue weighted by atomic mass is 16.3. The largest absolute Gasteiger partial charge is 0.395 e. The Morgan fingerprint density at radius 1 is 1.16 bits per heavy atom. The van der Waals surface area contributed by atoms with Crippen LogP contribution in [0.25, 0.3) is 0 Å². The van der Waals surface area contributed by atoms with E-state index in [1.54, 1.807) is 28.8 Å². The maximum Gasteiger partial charge on any atom is 0.264 e. The summed E-state index contributed by atoms with van der Waals surface area (Å²) in [5.41, 5.74) is 1.84. The number of allylic oxidation sites excluding steroid dienone is 1. The molecule has 3 atom stereocenters. The van der Waals surface area contributed by atoms with Crippen LogP contribution in [0.15, 0.2) is 66.9 Å². The lowest BCUT2D eigenvalue weighted by Crippen LogP contribution is -2.44. The number of rotatable bonds is 9. The van der Waals surface area contributed by atoms with E-state index in [1.807, 2.05) is 61.7 Å². The van der Waals surface area contributed by atoms with Gasteiger partial charge in [0.2, 0.25) is 5.91 Å². The smallest absolute Gasteiger partial charge is 0.264 e. The number of aliphatic hydroxyl groups excluding tert-OH is 1. The van der Waals surface area contributed by atoms with E-state index in [4.69, 9.17) is 0 Å². The first-order chi connectivity index (χ1) is 17.8. The molecule has 37 heavy (non-hydrogen) atoms. The van der Waals surface area contributed by atoms with Crippen LogP contribution < -0.4 is 9.80 Å². The van der Waals surface area contributed by atoms with Gasteiger partial charge in [0.05, 0.1) is 23.9 Å². The summed E-state index contributed by atoms with van der Waals surface area (Å²) in [6.45, 7) is 2.96. The molecule has 9 nitrogen and oxygen atoms in total. The molecule has 2 amide bonds. The van der Waals surface area contributed by atoms with Gasteiger partial charge in [-0.25, -0.2) is 0 Å². The summed E-state index contributed by atoms with van der Waals surface area (Å²) in [5.74, 6) is -1.07. The number of anilines is 2. The number of β-lactam (4-membered cyclic amide) rings is 1.